The summed E-state index contributed by atoms with van der Waals surface area (Å²) in [5.41, 5.74) is 2.03. The largest absolute Gasteiger partial charge is 0.506 e. The highest BCUT2D eigenvalue weighted by atomic mass is 16.3. The number of Topliss-reactive ketones (excluding diaryl/α,β-unsaturated/α-hetero) is 1. The molecule has 0 bridgehead atoms. The van der Waals surface area contributed by atoms with E-state index in [1.165, 1.54) is 18.5 Å². The SMILES string of the molecule is CC(=O)CNC(=O)c1c(O)c2cc(-c3cccc4ncccc34)ccc2n(C)c1=O. The number of ketones is 1. The van der Waals surface area contributed by atoms with Gasteiger partial charge in [-0.05, 0) is 42.3 Å². The van der Waals surface area contributed by atoms with Crippen LogP contribution in [0, 0.1) is 0 Å². The normalized spacial score (nSPS) is 11.0. The summed E-state index contributed by atoms with van der Waals surface area (Å²) in [6, 6.07) is 14.9. The Morgan fingerprint density at radius 1 is 1.10 bits per heavy atom. The minimum Gasteiger partial charge on any atom is -0.506 e. The third kappa shape index (κ3) is 3.20. The average molecular weight is 401 g/mol. The molecule has 7 heteroatoms. The minimum atomic E-state index is -0.787. The maximum absolute atomic E-state index is 12.7. The van der Waals surface area contributed by atoms with Crippen LogP contribution >= 0.6 is 0 Å². The third-order valence-electron chi connectivity index (χ3n) is 5.05. The van der Waals surface area contributed by atoms with Crippen LogP contribution in [0.4, 0.5) is 0 Å². The van der Waals surface area contributed by atoms with Crippen molar-refractivity contribution >= 4 is 33.5 Å². The van der Waals surface area contributed by atoms with E-state index in [0.717, 1.165) is 22.0 Å². The van der Waals surface area contributed by atoms with Crippen LogP contribution in [0.5, 0.6) is 5.75 Å². The van der Waals surface area contributed by atoms with Crippen molar-refractivity contribution in [3.05, 3.63) is 70.6 Å². The second-order valence-electron chi connectivity index (χ2n) is 7.08. The minimum absolute atomic E-state index is 0.220. The molecule has 0 unspecified atom stereocenters. The number of hydrogen-bond acceptors (Lipinski definition) is 5. The molecule has 0 aliphatic heterocycles. The van der Waals surface area contributed by atoms with Crippen molar-refractivity contribution in [2.24, 2.45) is 7.05 Å². The first-order valence-corrected chi connectivity index (χ1v) is 9.36. The fourth-order valence-electron chi connectivity index (χ4n) is 3.55. The summed E-state index contributed by atoms with van der Waals surface area (Å²) in [6.07, 6.45) is 1.72. The Morgan fingerprint density at radius 2 is 1.90 bits per heavy atom. The lowest BCUT2D eigenvalue weighted by Gasteiger charge is -2.13. The monoisotopic (exact) mass is 401 g/mol. The zero-order valence-corrected chi connectivity index (χ0v) is 16.5. The van der Waals surface area contributed by atoms with E-state index in [2.05, 4.69) is 10.3 Å². The van der Waals surface area contributed by atoms with Crippen molar-refractivity contribution in [2.45, 2.75) is 6.92 Å². The van der Waals surface area contributed by atoms with Gasteiger partial charge in [0.15, 0.2) is 0 Å². The number of pyridine rings is 2. The predicted octanol–water partition coefficient (Wildman–Crippen LogP) is 2.78. The summed E-state index contributed by atoms with van der Waals surface area (Å²) in [4.78, 5) is 40.7. The molecule has 150 valence electrons. The van der Waals surface area contributed by atoms with E-state index in [4.69, 9.17) is 0 Å². The zero-order chi connectivity index (χ0) is 21.4. The Hall–Kier alpha value is -4.00. The summed E-state index contributed by atoms with van der Waals surface area (Å²) >= 11 is 0. The van der Waals surface area contributed by atoms with Crippen LogP contribution in [-0.2, 0) is 11.8 Å². The van der Waals surface area contributed by atoms with Crippen LogP contribution in [0.1, 0.15) is 17.3 Å². The molecule has 2 aromatic carbocycles. The van der Waals surface area contributed by atoms with Crippen molar-refractivity contribution in [1.82, 2.24) is 14.9 Å². The van der Waals surface area contributed by atoms with Gasteiger partial charge in [-0.15, -0.1) is 0 Å². The first-order valence-electron chi connectivity index (χ1n) is 9.36. The number of amides is 1. The predicted molar refractivity (Wildman–Crippen MR) is 115 cm³/mol. The van der Waals surface area contributed by atoms with Crippen molar-refractivity contribution in [3.8, 4) is 16.9 Å². The lowest BCUT2D eigenvalue weighted by molar-refractivity contribution is -0.116. The highest BCUT2D eigenvalue weighted by Crippen LogP contribution is 2.33. The van der Waals surface area contributed by atoms with Gasteiger partial charge in [0.05, 0.1) is 17.6 Å². The van der Waals surface area contributed by atoms with Gasteiger partial charge >= 0.3 is 0 Å². The molecule has 0 atom stereocenters. The van der Waals surface area contributed by atoms with Gasteiger partial charge in [0, 0.05) is 24.0 Å². The number of nitrogens with zero attached hydrogens (tertiary/aromatic N) is 2. The number of aromatic nitrogens is 2. The van der Waals surface area contributed by atoms with Crippen LogP contribution in [0.3, 0.4) is 0 Å². The second-order valence-corrected chi connectivity index (χ2v) is 7.08. The summed E-state index contributed by atoms with van der Waals surface area (Å²) < 4.78 is 1.31. The molecule has 0 fully saturated rings. The maximum atomic E-state index is 12.7. The molecule has 2 N–H and O–H groups in total. The molecule has 0 radical (unpaired) electrons. The standard InChI is InChI=1S/C23H19N3O4/c1-13(27)12-25-22(29)20-21(28)17-11-14(8-9-19(17)26(2)23(20)30)15-5-3-7-18-16(15)6-4-10-24-18/h3-11,28H,12H2,1-2H3,(H,25,29). The molecule has 4 rings (SSSR count). The quantitative estimate of drug-likeness (QED) is 0.548. The van der Waals surface area contributed by atoms with Gasteiger partial charge in [-0.1, -0.05) is 24.3 Å². The first kappa shape index (κ1) is 19.3. The highest BCUT2D eigenvalue weighted by molar-refractivity contribution is 6.05. The second kappa shape index (κ2) is 7.44. The van der Waals surface area contributed by atoms with Gasteiger partial charge in [-0.3, -0.25) is 19.4 Å². The number of aryl methyl sites for hydroxylation is 1. The zero-order valence-electron chi connectivity index (χ0n) is 16.5. The fraction of sp³-hybridized carbons (Fsp3) is 0.130. The molecule has 7 nitrogen and oxygen atoms in total. The number of nitrogens with one attached hydrogen (secondary N) is 1. The van der Waals surface area contributed by atoms with Crippen LogP contribution < -0.4 is 10.9 Å². The van der Waals surface area contributed by atoms with E-state index in [1.807, 2.05) is 36.4 Å². The molecule has 4 aromatic rings. The highest BCUT2D eigenvalue weighted by Gasteiger charge is 2.21. The van der Waals surface area contributed by atoms with Crippen LogP contribution in [0.15, 0.2) is 59.5 Å². The third-order valence-corrected chi connectivity index (χ3v) is 5.05. The van der Waals surface area contributed by atoms with Crippen molar-refractivity contribution in [3.63, 3.8) is 0 Å². The smallest absolute Gasteiger partial charge is 0.267 e. The number of hydrogen-bond donors (Lipinski definition) is 2. The molecular formula is C23H19N3O4. The molecule has 30 heavy (non-hydrogen) atoms. The lowest BCUT2D eigenvalue weighted by atomic mass is 9.98. The Balaban J connectivity index is 1.93. The summed E-state index contributed by atoms with van der Waals surface area (Å²) in [6.45, 7) is 1.10. The van der Waals surface area contributed by atoms with Crippen LogP contribution in [0.25, 0.3) is 32.9 Å². The number of rotatable bonds is 4. The lowest BCUT2D eigenvalue weighted by Crippen LogP contribution is -2.34. The van der Waals surface area contributed by atoms with E-state index in [0.29, 0.717) is 10.9 Å². The Kier molecular flexibility index (Phi) is 4.79. The number of carbonyl (C=O) groups excluding carboxylic acids is 2. The molecule has 1 amide bonds. The molecule has 0 aliphatic carbocycles. The number of carbonyl (C=O) groups is 2. The maximum Gasteiger partial charge on any atom is 0.267 e. The first-order chi connectivity index (χ1) is 14.4. The fourth-order valence-corrected chi connectivity index (χ4v) is 3.55. The van der Waals surface area contributed by atoms with Crippen LogP contribution in [-0.4, -0.2) is 32.9 Å². The molecule has 2 heterocycles. The van der Waals surface area contributed by atoms with E-state index < -0.39 is 17.2 Å². The average Bonchev–Trinajstić information content (AvgIpc) is 2.75. The molecule has 0 saturated heterocycles. The van der Waals surface area contributed by atoms with E-state index >= 15 is 0 Å². The van der Waals surface area contributed by atoms with Gasteiger partial charge in [-0.25, -0.2) is 0 Å². The molecule has 0 aliphatic rings. The van der Waals surface area contributed by atoms with E-state index in [9.17, 15) is 19.5 Å². The Labute approximate surface area is 171 Å². The molecule has 2 aromatic heterocycles. The van der Waals surface area contributed by atoms with Gasteiger partial charge in [-0.2, -0.15) is 0 Å². The summed E-state index contributed by atoms with van der Waals surface area (Å²) in [5.74, 6) is -1.45. The van der Waals surface area contributed by atoms with E-state index in [-0.39, 0.29) is 17.9 Å². The number of fused-ring (bicyclic) bond motifs is 2. The molecule has 0 spiro atoms. The van der Waals surface area contributed by atoms with Crippen LogP contribution in [0.2, 0.25) is 0 Å². The van der Waals surface area contributed by atoms with Gasteiger partial charge in [0.1, 0.15) is 17.1 Å². The van der Waals surface area contributed by atoms with Crippen molar-refractivity contribution in [2.75, 3.05) is 6.54 Å². The van der Waals surface area contributed by atoms with Gasteiger partial charge in [0.2, 0.25) is 0 Å². The topological polar surface area (TPSA) is 101 Å². The van der Waals surface area contributed by atoms with Crippen molar-refractivity contribution < 1.29 is 14.7 Å². The molecule has 0 saturated carbocycles. The van der Waals surface area contributed by atoms with Gasteiger partial charge in [0.25, 0.3) is 11.5 Å². The van der Waals surface area contributed by atoms with E-state index in [1.54, 1.807) is 18.3 Å². The Bertz CT molecular complexity index is 1380. The number of aromatic hydroxyl groups is 1. The number of benzene rings is 2. The summed E-state index contributed by atoms with van der Waals surface area (Å²) in [7, 11) is 1.54. The van der Waals surface area contributed by atoms with Crippen molar-refractivity contribution in [1.29, 1.82) is 0 Å². The Morgan fingerprint density at radius 3 is 2.67 bits per heavy atom. The summed E-state index contributed by atoms with van der Waals surface area (Å²) in [5, 5.41) is 14.5. The molecular weight excluding hydrogens is 382 g/mol. The van der Waals surface area contributed by atoms with Gasteiger partial charge < -0.3 is 15.0 Å².